The van der Waals surface area contributed by atoms with Crippen molar-refractivity contribution in [3.63, 3.8) is 0 Å². The summed E-state index contributed by atoms with van der Waals surface area (Å²) < 4.78 is 35.7. The largest absolute Gasteiger partial charge is 0.456 e. The van der Waals surface area contributed by atoms with E-state index in [9.17, 15) is 9.59 Å². The average molecular weight is 612 g/mol. The first-order chi connectivity index (χ1) is 22.0. The molecule has 2 saturated heterocycles. The number of halogens is 1. The van der Waals surface area contributed by atoms with Gasteiger partial charge in [0.25, 0.3) is 5.91 Å². The number of nitrogens with one attached hydrogen (secondary N) is 2. The number of aromatic nitrogens is 1. The minimum Gasteiger partial charge on any atom is -0.456 e. The second-order valence-electron chi connectivity index (χ2n) is 11.9. The summed E-state index contributed by atoms with van der Waals surface area (Å²) in [6.45, 7) is 7.27. The Kier molecular flexibility index (Phi) is 7.16. The molecule has 45 heavy (non-hydrogen) atoms. The summed E-state index contributed by atoms with van der Waals surface area (Å²) in [5.74, 6) is -0.418. The number of carbonyl (C=O) groups excluding carboxylic acids is 1. The number of ether oxygens (including phenoxy) is 2. The van der Waals surface area contributed by atoms with Crippen LogP contribution in [0.1, 0.15) is 23.2 Å². The van der Waals surface area contributed by atoms with E-state index in [1.165, 1.54) is 18.9 Å². The number of hydrogen-bond donors (Lipinski definition) is 2. The van der Waals surface area contributed by atoms with Crippen molar-refractivity contribution in [1.82, 2.24) is 19.7 Å². The van der Waals surface area contributed by atoms with E-state index < -0.39 is 17.2 Å². The molecule has 0 saturated carbocycles. The van der Waals surface area contributed by atoms with Gasteiger partial charge in [-0.15, -0.1) is 0 Å². The van der Waals surface area contributed by atoms with Gasteiger partial charge in [-0.05, 0) is 44.1 Å². The molecule has 0 aliphatic carbocycles. The SMILES string of the molecule is O=C(NCCN1CCOCC1)c1cn2c3c(c(NCCN4CCCC4)c(F)cc3c1=O)Oc1cc3c(cc1-2)oc1ccccc13. The zero-order valence-corrected chi connectivity index (χ0v) is 24.9. The van der Waals surface area contributed by atoms with E-state index in [1.54, 1.807) is 10.8 Å². The summed E-state index contributed by atoms with van der Waals surface area (Å²) in [6, 6.07) is 12.7. The Labute approximate surface area is 258 Å². The Hall–Kier alpha value is -4.45. The van der Waals surface area contributed by atoms with E-state index in [0.29, 0.717) is 55.4 Å². The van der Waals surface area contributed by atoms with E-state index in [0.717, 1.165) is 49.1 Å². The Bertz CT molecular complexity index is 2010. The highest BCUT2D eigenvalue weighted by atomic mass is 19.1. The van der Waals surface area contributed by atoms with Crippen LogP contribution in [-0.2, 0) is 4.74 Å². The molecule has 11 heteroatoms. The van der Waals surface area contributed by atoms with Crippen LogP contribution in [0.5, 0.6) is 11.5 Å². The molecule has 232 valence electrons. The number of carbonyl (C=O) groups is 1. The first-order valence-electron chi connectivity index (χ1n) is 15.6. The van der Waals surface area contributed by atoms with Crippen LogP contribution < -0.4 is 20.8 Å². The lowest BCUT2D eigenvalue weighted by Crippen LogP contribution is -2.42. The average Bonchev–Trinajstić information content (AvgIpc) is 3.70. The second kappa shape index (κ2) is 11.5. The molecule has 1 amide bonds. The molecule has 2 aromatic heterocycles. The van der Waals surface area contributed by atoms with Crippen LogP contribution >= 0.6 is 0 Å². The third kappa shape index (κ3) is 5.01. The lowest BCUT2D eigenvalue weighted by Gasteiger charge is -2.27. The zero-order valence-electron chi connectivity index (χ0n) is 24.9. The Morgan fingerprint density at radius 2 is 1.67 bits per heavy atom. The standard InChI is InChI=1S/C34H34FN5O5/c35-25-17-23-31-33(30(25)36-7-11-38-9-3-4-10-38)45-29-18-22-21-5-1-2-6-27(21)44-28(22)19-26(29)40(31)20-24(32(23)41)34(42)37-8-12-39-13-15-43-16-14-39/h1-2,5-6,17-20,36H,3-4,7-16H2,(H,37,42). The molecular weight excluding hydrogens is 577 g/mol. The topological polar surface area (TPSA) is 101 Å². The summed E-state index contributed by atoms with van der Waals surface area (Å²) in [5, 5.41) is 8.00. The molecule has 0 unspecified atom stereocenters. The molecule has 5 aromatic rings. The number of pyridine rings is 1. The van der Waals surface area contributed by atoms with Crippen LogP contribution in [0.15, 0.2) is 57.9 Å². The van der Waals surface area contributed by atoms with Crippen molar-refractivity contribution in [2.45, 2.75) is 12.8 Å². The molecule has 3 aliphatic heterocycles. The number of hydrogen-bond acceptors (Lipinski definition) is 8. The lowest BCUT2D eigenvalue weighted by molar-refractivity contribution is 0.0383. The number of nitrogens with zero attached hydrogens (tertiary/aromatic N) is 3. The summed E-state index contributed by atoms with van der Waals surface area (Å²) in [4.78, 5) is 31.8. The molecule has 3 aromatic carbocycles. The molecule has 10 nitrogen and oxygen atoms in total. The van der Waals surface area contributed by atoms with Gasteiger partial charge in [-0.3, -0.25) is 14.5 Å². The number of furan rings is 1. The van der Waals surface area contributed by atoms with Crippen LogP contribution in [0.4, 0.5) is 10.1 Å². The number of para-hydroxylation sites is 1. The molecule has 5 heterocycles. The maximum Gasteiger partial charge on any atom is 0.256 e. The number of fused-ring (bicyclic) bond motifs is 5. The molecule has 2 fully saturated rings. The van der Waals surface area contributed by atoms with Gasteiger partial charge in [0, 0.05) is 62.3 Å². The monoisotopic (exact) mass is 611 g/mol. The summed E-state index contributed by atoms with van der Waals surface area (Å²) in [6.07, 6.45) is 3.88. The van der Waals surface area contributed by atoms with Crippen molar-refractivity contribution in [2.75, 3.05) is 70.9 Å². The van der Waals surface area contributed by atoms with Gasteiger partial charge in [-0.2, -0.15) is 0 Å². The van der Waals surface area contributed by atoms with Gasteiger partial charge < -0.3 is 34.0 Å². The van der Waals surface area contributed by atoms with Crippen LogP contribution in [-0.4, -0.2) is 85.8 Å². The summed E-state index contributed by atoms with van der Waals surface area (Å²) in [5.41, 5.74) is 1.94. The highest BCUT2D eigenvalue weighted by Crippen LogP contribution is 2.47. The highest BCUT2D eigenvalue weighted by molar-refractivity contribution is 6.07. The molecule has 0 bridgehead atoms. The second-order valence-corrected chi connectivity index (χ2v) is 11.9. The fourth-order valence-electron chi connectivity index (χ4n) is 6.76. The minimum atomic E-state index is -0.606. The molecule has 0 spiro atoms. The normalized spacial score (nSPS) is 16.7. The third-order valence-electron chi connectivity index (χ3n) is 9.12. The van der Waals surface area contributed by atoms with Gasteiger partial charge in [-0.1, -0.05) is 18.2 Å². The maximum atomic E-state index is 15.9. The van der Waals surface area contributed by atoms with Crippen molar-refractivity contribution in [3.05, 3.63) is 70.3 Å². The van der Waals surface area contributed by atoms with Crippen LogP contribution in [0.3, 0.4) is 0 Å². The number of rotatable bonds is 8. The molecule has 2 N–H and O–H groups in total. The van der Waals surface area contributed by atoms with Crippen molar-refractivity contribution >= 4 is 44.4 Å². The first kappa shape index (κ1) is 28.1. The van der Waals surface area contributed by atoms with Gasteiger partial charge in [0.05, 0.1) is 24.3 Å². The van der Waals surface area contributed by atoms with Crippen molar-refractivity contribution in [3.8, 4) is 17.2 Å². The lowest BCUT2D eigenvalue weighted by atomic mass is 10.0. The van der Waals surface area contributed by atoms with Gasteiger partial charge in [0.2, 0.25) is 5.43 Å². The maximum absolute atomic E-state index is 15.9. The predicted molar refractivity (Wildman–Crippen MR) is 171 cm³/mol. The fourth-order valence-corrected chi connectivity index (χ4v) is 6.76. The van der Waals surface area contributed by atoms with E-state index in [-0.39, 0.29) is 22.4 Å². The van der Waals surface area contributed by atoms with Crippen LogP contribution in [0.25, 0.3) is 38.5 Å². The van der Waals surface area contributed by atoms with E-state index in [1.807, 2.05) is 36.4 Å². The number of likely N-dealkylation sites (tertiary alicyclic amines) is 1. The van der Waals surface area contributed by atoms with Gasteiger partial charge in [0.1, 0.15) is 27.9 Å². The van der Waals surface area contributed by atoms with Crippen molar-refractivity contribution in [1.29, 1.82) is 0 Å². The van der Waals surface area contributed by atoms with Crippen molar-refractivity contribution in [2.24, 2.45) is 0 Å². The Balaban J connectivity index is 1.22. The van der Waals surface area contributed by atoms with Gasteiger partial charge in [0.15, 0.2) is 17.3 Å². The van der Waals surface area contributed by atoms with Crippen LogP contribution in [0.2, 0.25) is 0 Å². The molecule has 0 atom stereocenters. The van der Waals surface area contributed by atoms with Gasteiger partial charge in [-0.25, -0.2) is 4.39 Å². The number of benzene rings is 3. The van der Waals surface area contributed by atoms with Crippen molar-refractivity contribution < 1.29 is 23.1 Å². The van der Waals surface area contributed by atoms with Gasteiger partial charge >= 0.3 is 0 Å². The third-order valence-corrected chi connectivity index (χ3v) is 9.12. The Morgan fingerprint density at radius 1 is 0.889 bits per heavy atom. The molecular formula is C34H34FN5O5. The molecule has 0 radical (unpaired) electrons. The summed E-state index contributed by atoms with van der Waals surface area (Å²) >= 11 is 0. The number of anilines is 1. The summed E-state index contributed by atoms with van der Waals surface area (Å²) in [7, 11) is 0. The number of amides is 1. The smallest absolute Gasteiger partial charge is 0.256 e. The van der Waals surface area contributed by atoms with E-state index >= 15 is 4.39 Å². The Morgan fingerprint density at radius 3 is 2.51 bits per heavy atom. The zero-order chi connectivity index (χ0) is 30.5. The fraction of sp³-hybridized carbons (Fsp3) is 0.353. The molecule has 3 aliphatic rings. The van der Waals surface area contributed by atoms with Crippen LogP contribution in [0, 0.1) is 5.82 Å². The highest BCUT2D eigenvalue weighted by Gasteiger charge is 2.30. The predicted octanol–water partition coefficient (Wildman–Crippen LogP) is 4.70. The molecule has 8 rings (SSSR count). The number of morpholine rings is 1. The van der Waals surface area contributed by atoms with E-state index in [2.05, 4.69) is 20.4 Å². The first-order valence-corrected chi connectivity index (χ1v) is 15.6. The minimum absolute atomic E-state index is 0.0675. The quantitative estimate of drug-likeness (QED) is 0.256. The van der Waals surface area contributed by atoms with E-state index in [4.69, 9.17) is 13.9 Å².